The Morgan fingerprint density at radius 2 is 2.05 bits per heavy atom. The molecule has 0 spiro atoms. The highest BCUT2D eigenvalue weighted by Crippen LogP contribution is 2.24. The lowest BCUT2D eigenvalue weighted by atomic mass is 10.1. The molecular formula is C15H19N3OS. The molecule has 0 bridgehead atoms. The topological polar surface area (TPSA) is 67.2 Å². The summed E-state index contributed by atoms with van der Waals surface area (Å²) in [7, 11) is 1.62. The van der Waals surface area contributed by atoms with E-state index in [1.807, 2.05) is 0 Å². The van der Waals surface area contributed by atoms with Crippen LogP contribution >= 0.6 is 11.3 Å². The molecule has 0 saturated carbocycles. The highest BCUT2D eigenvalue weighted by molar-refractivity contribution is 7.12. The Balaban J connectivity index is 2.19. The standard InChI is InChI=1S/C15H19N3OS/c1-9-6-12(20-10(9)2)8-18-14-7-11(16)4-5-13(14)15(19)17-3/h4-7,18H,8,16H2,1-3H3,(H,17,19). The zero-order valence-corrected chi connectivity index (χ0v) is 12.7. The Bertz CT molecular complexity index is 615. The average Bonchev–Trinajstić information content (AvgIpc) is 2.75. The minimum Gasteiger partial charge on any atom is -0.399 e. The summed E-state index contributed by atoms with van der Waals surface area (Å²) in [5.41, 5.74) is 9.09. The lowest BCUT2D eigenvalue weighted by molar-refractivity contribution is 0.0964. The minimum atomic E-state index is -0.119. The van der Waals surface area contributed by atoms with Gasteiger partial charge in [0.1, 0.15) is 0 Å². The number of aryl methyl sites for hydroxylation is 2. The van der Waals surface area contributed by atoms with Crippen LogP contribution in [-0.4, -0.2) is 13.0 Å². The number of nitrogens with two attached hydrogens (primary N) is 1. The first kappa shape index (κ1) is 14.4. The number of nitrogen functional groups attached to an aromatic ring is 1. The second-order valence-corrected chi connectivity index (χ2v) is 6.03. The third-order valence-corrected chi connectivity index (χ3v) is 4.34. The van der Waals surface area contributed by atoms with E-state index in [0.717, 1.165) is 5.69 Å². The van der Waals surface area contributed by atoms with Crippen LogP contribution in [0.3, 0.4) is 0 Å². The van der Waals surface area contributed by atoms with Gasteiger partial charge in [-0.15, -0.1) is 11.3 Å². The number of anilines is 2. The summed E-state index contributed by atoms with van der Waals surface area (Å²) in [6.45, 7) is 4.90. The number of benzene rings is 1. The maximum Gasteiger partial charge on any atom is 0.253 e. The average molecular weight is 289 g/mol. The van der Waals surface area contributed by atoms with Gasteiger partial charge in [0.15, 0.2) is 0 Å². The number of rotatable bonds is 4. The molecule has 0 saturated heterocycles. The van der Waals surface area contributed by atoms with Gasteiger partial charge >= 0.3 is 0 Å². The van der Waals surface area contributed by atoms with Crippen LogP contribution < -0.4 is 16.4 Å². The molecule has 0 fully saturated rings. The van der Waals surface area contributed by atoms with Crippen molar-refractivity contribution in [1.29, 1.82) is 0 Å². The van der Waals surface area contributed by atoms with E-state index in [4.69, 9.17) is 5.73 Å². The molecule has 0 aliphatic carbocycles. The van der Waals surface area contributed by atoms with Crippen LogP contribution in [0.2, 0.25) is 0 Å². The molecule has 0 atom stereocenters. The molecule has 106 valence electrons. The Hall–Kier alpha value is -2.01. The zero-order chi connectivity index (χ0) is 14.7. The fourth-order valence-electron chi connectivity index (χ4n) is 1.96. The Kier molecular flexibility index (Phi) is 4.29. The summed E-state index contributed by atoms with van der Waals surface area (Å²) in [6.07, 6.45) is 0. The van der Waals surface area contributed by atoms with E-state index >= 15 is 0 Å². The number of amides is 1. The molecule has 20 heavy (non-hydrogen) atoms. The molecule has 0 aliphatic heterocycles. The van der Waals surface area contributed by atoms with E-state index in [1.54, 1.807) is 36.6 Å². The van der Waals surface area contributed by atoms with Gasteiger partial charge in [0.2, 0.25) is 0 Å². The number of carbonyl (C=O) groups is 1. The van der Waals surface area contributed by atoms with Crippen LogP contribution in [0.1, 0.15) is 25.7 Å². The van der Waals surface area contributed by atoms with Gasteiger partial charge in [-0.2, -0.15) is 0 Å². The molecule has 1 heterocycles. The second kappa shape index (κ2) is 5.96. The maximum atomic E-state index is 11.8. The van der Waals surface area contributed by atoms with Crippen molar-refractivity contribution in [2.24, 2.45) is 0 Å². The van der Waals surface area contributed by atoms with Crippen LogP contribution in [0, 0.1) is 13.8 Å². The van der Waals surface area contributed by atoms with Crippen LogP contribution in [0.25, 0.3) is 0 Å². The molecule has 4 nitrogen and oxygen atoms in total. The van der Waals surface area contributed by atoms with Gasteiger partial charge in [-0.05, 0) is 43.7 Å². The molecule has 0 radical (unpaired) electrons. The quantitative estimate of drug-likeness (QED) is 0.758. The molecule has 1 aromatic carbocycles. The second-order valence-electron chi connectivity index (χ2n) is 4.69. The summed E-state index contributed by atoms with van der Waals surface area (Å²) >= 11 is 1.76. The predicted octanol–water partition coefficient (Wildman–Crippen LogP) is 2.92. The van der Waals surface area contributed by atoms with Crippen LogP contribution in [-0.2, 0) is 6.54 Å². The molecular weight excluding hydrogens is 270 g/mol. The molecule has 1 amide bonds. The molecule has 0 aliphatic rings. The van der Waals surface area contributed by atoms with Gasteiger partial charge in [0, 0.05) is 34.7 Å². The Labute approximate surface area is 123 Å². The largest absolute Gasteiger partial charge is 0.399 e. The van der Waals surface area contributed by atoms with Crippen molar-refractivity contribution in [2.45, 2.75) is 20.4 Å². The fourth-order valence-corrected chi connectivity index (χ4v) is 2.95. The van der Waals surface area contributed by atoms with Crippen LogP contribution in [0.15, 0.2) is 24.3 Å². The highest BCUT2D eigenvalue weighted by atomic mass is 32.1. The normalized spacial score (nSPS) is 10.3. The van der Waals surface area contributed by atoms with Crippen molar-refractivity contribution in [3.8, 4) is 0 Å². The molecule has 0 unspecified atom stereocenters. The molecule has 5 heteroatoms. The third-order valence-electron chi connectivity index (χ3n) is 3.19. The number of hydrogen-bond acceptors (Lipinski definition) is 4. The Morgan fingerprint density at radius 1 is 1.30 bits per heavy atom. The Morgan fingerprint density at radius 3 is 2.65 bits per heavy atom. The summed E-state index contributed by atoms with van der Waals surface area (Å²) in [4.78, 5) is 14.4. The first-order valence-corrected chi connectivity index (χ1v) is 7.24. The fraction of sp³-hybridized carbons (Fsp3) is 0.267. The monoisotopic (exact) mass is 289 g/mol. The predicted molar refractivity (Wildman–Crippen MR) is 85.4 cm³/mol. The summed E-state index contributed by atoms with van der Waals surface area (Å²) < 4.78 is 0. The van der Waals surface area contributed by atoms with E-state index in [9.17, 15) is 4.79 Å². The molecule has 4 N–H and O–H groups in total. The van der Waals surface area contributed by atoms with E-state index < -0.39 is 0 Å². The number of hydrogen-bond donors (Lipinski definition) is 3. The van der Waals surface area contributed by atoms with E-state index in [0.29, 0.717) is 17.8 Å². The van der Waals surface area contributed by atoms with Crippen molar-refractivity contribution in [2.75, 3.05) is 18.1 Å². The van der Waals surface area contributed by atoms with E-state index in [1.165, 1.54) is 15.3 Å². The van der Waals surface area contributed by atoms with Crippen molar-refractivity contribution in [3.05, 3.63) is 45.1 Å². The SMILES string of the molecule is CNC(=O)c1ccc(N)cc1NCc1cc(C)c(C)s1. The van der Waals surface area contributed by atoms with Crippen molar-refractivity contribution < 1.29 is 4.79 Å². The molecule has 1 aromatic heterocycles. The van der Waals surface area contributed by atoms with Crippen molar-refractivity contribution in [1.82, 2.24) is 5.32 Å². The summed E-state index contributed by atoms with van der Waals surface area (Å²) in [5.74, 6) is -0.119. The summed E-state index contributed by atoms with van der Waals surface area (Å²) in [5, 5.41) is 5.93. The first-order valence-electron chi connectivity index (χ1n) is 6.42. The lowest BCUT2D eigenvalue weighted by Crippen LogP contribution is -2.19. The zero-order valence-electron chi connectivity index (χ0n) is 11.9. The smallest absolute Gasteiger partial charge is 0.253 e. The van der Waals surface area contributed by atoms with Gasteiger partial charge in [-0.25, -0.2) is 0 Å². The van der Waals surface area contributed by atoms with Gasteiger partial charge in [-0.3, -0.25) is 4.79 Å². The lowest BCUT2D eigenvalue weighted by Gasteiger charge is -2.11. The third kappa shape index (κ3) is 3.11. The van der Waals surface area contributed by atoms with Crippen LogP contribution in [0.4, 0.5) is 11.4 Å². The molecule has 2 aromatic rings. The van der Waals surface area contributed by atoms with Gasteiger partial charge in [0.05, 0.1) is 5.56 Å². The summed E-state index contributed by atoms with van der Waals surface area (Å²) in [6, 6.07) is 7.42. The maximum absolute atomic E-state index is 11.8. The van der Waals surface area contributed by atoms with Crippen molar-refractivity contribution >= 4 is 28.6 Å². The van der Waals surface area contributed by atoms with Gasteiger partial charge < -0.3 is 16.4 Å². The number of carbonyl (C=O) groups excluding carboxylic acids is 1. The number of thiophene rings is 1. The number of nitrogens with one attached hydrogen (secondary N) is 2. The van der Waals surface area contributed by atoms with Crippen molar-refractivity contribution in [3.63, 3.8) is 0 Å². The minimum absolute atomic E-state index is 0.119. The van der Waals surface area contributed by atoms with Gasteiger partial charge in [-0.1, -0.05) is 0 Å². The van der Waals surface area contributed by atoms with E-state index in [-0.39, 0.29) is 5.91 Å². The first-order chi connectivity index (χ1) is 9.51. The van der Waals surface area contributed by atoms with Crippen LogP contribution in [0.5, 0.6) is 0 Å². The highest BCUT2D eigenvalue weighted by Gasteiger charge is 2.10. The molecule has 2 rings (SSSR count). The van der Waals surface area contributed by atoms with E-state index in [2.05, 4.69) is 30.5 Å². The van der Waals surface area contributed by atoms with Gasteiger partial charge in [0.25, 0.3) is 5.91 Å².